The summed E-state index contributed by atoms with van der Waals surface area (Å²) in [7, 11) is 0. The molecule has 0 fully saturated rings. The maximum absolute atomic E-state index is 9.17. The Balaban J connectivity index is 2.99. The molecule has 0 aliphatic carbocycles. The Hall–Kier alpha value is -1.28. The highest BCUT2D eigenvalue weighted by molar-refractivity contribution is 5.31. The van der Waals surface area contributed by atoms with Crippen molar-refractivity contribution in [1.82, 2.24) is 0 Å². The number of rotatable bonds is 4. The van der Waals surface area contributed by atoms with Crippen LogP contribution in [0.5, 0.6) is 5.75 Å². The Bertz CT molecular complexity index is 305. The van der Waals surface area contributed by atoms with Crippen LogP contribution in [0, 0.1) is 0 Å². The minimum absolute atomic E-state index is 0.0740. The lowest BCUT2D eigenvalue weighted by molar-refractivity contribution is 0.469. The van der Waals surface area contributed by atoms with Gasteiger partial charge in [0.05, 0.1) is 0 Å². The first-order valence-corrected chi connectivity index (χ1v) is 4.73. The molecule has 0 aliphatic heterocycles. The third kappa shape index (κ3) is 2.15. The third-order valence-electron chi connectivity index (χ3n) is 2.61. The van der Waals surface area contributed by atoms with E-state index in [0.717, 1.165) is 12.0 Å². The zero-order valence-corrected chi connectivity index (χ0v) is 8.53. The molecule has 76 valence electrons. The fourth-order valence-electron chi connectivity index (χ4n) is 1.50. The lowest BCUT2D eigenvalue weighted by Crippen LogP contribution is -2.31. The van der Waals surface area contributed by atoms with Crippen LogP contribution in [-0.4, -0.2) is 11.7 Å². The van der Waals surface area contributed by atoms with Crippen LogP contribution in [0.1, 0.15) is 18.9 Å². The molecule has 1 unspecified atom stereocenters. The Morgan fingerprint density at radius 2 is 2.00 bits per heavy atom. The zero-order chi connectivity index (χ0) is 10.6. The third-order valence-corrected chi connectivity index (χ3v) is 2.61. The van der Waals surface area contributed by atoms with Gasteiger partial charge in [-0.3, -0.25) is 0 Å². The lowest BCUT2D eigenvalue weighted by Gasteiger charge is -2.27. The predicted molar refractivity (Wildman–Crippen MR) is 59.3 cm³/mol. The average molecular weight is 191 g/mol. The summed E-state index contributed by atoms with van der Waals surface area (Å²) in [6.07, 6.45) is 2.72. The summed E-state index contributed by atoms with van der Waals surface area (Å²) in [4.78, 5) is 0. The normalized spacial score (nSPS) is 14.7. The highest BCUT2D eigenvalue weighted by Crippen LogP contribution is 2.27. The molecule has 1 atom stereocenters. The van der Waals surface area contributed by atoms with E-state index in [-0.39, 0.29) is 11.2 Å². The summed E-state index contributed by atoms with van der Waals surface area (Å²) in [6, 6.07) is 7.19. The largest absolute Gasteiger partial charge is 0.508 e. The Kier molecular flexibility index (Phi) is 3.31. The van der Waals surface area contributed by atoms with Crippen molar-refractivity contribution in [2.45, 2.75) is 18.8 Å². The molecule has 0 radical (unpaired) electrons. The van der Waals surface area contributed by atoms with Crippen molar-refractivity contribution in [2.24, 2.45) is 5.73 Å². The predicted octanol–water partition coefficient (Wildman–Crippen LogP) is 2.18. The van der Waals surface area contributed by atoms with Crippen molar-refractivity contribution >= 4 is 0 Å². The van der Waals surface area contributed by atoms with Crippen LogP contribution in [-0.2, 0) is 5.41 Å². The van der Waals surface area contributed by atoms with Gasteiger partial charge in [-0.25, -0.2) is 0 Å². The van der Waals surface area contributed by atoms with E-state index >= 15 is 0 Å². The van der Waals surface area contributed by atoms with Crippen LogP contribution < -0.4 is 5.73 Å². The second-order valence-electron chi connectivity index (χ2n) is 3.80. The molecule has 0 saturated carbocycles. The van der Waals surface area contributed by atoms with E-state index in [1.807, 2.05) is 18.2 Å². The van der Waals surface area contributed by atoms with Crippen molar-refractivity contribution in [3.05, 3.63) is 42.5 Å². The Labute approximate surface area is 85.1 Å². The van der Waals surface area contributed by atoms with Crippen LogP contribution in [0.3, 0.4) is 0 Å². The minimum atomic E-state index is -0.0740. The maximum Gasteiger partial charge on any atom is 0.115 e. The molecule has 0 spiro atoms. The summed E-state index contributed by atoms with van der Waals surface area (Å²) < 4.78 is 0. The number of benzene rings is 1. The van der Waals surface area contributed by atoms with Crippen LogP contribution in [0.25, 0.3) is 0 Å². The van der Waals surface area contributed by atoms with Gasteiger partial charge in [-0.15, -0.1) is 6.58 Å². The van der Waals surface area contributed by atoms with Crippen molar-refractivity contribution in [2.75, 3.05) is 6.54 Å². The second-order valence-corrected chi connectivity index (χ2v) is 3.80. The van der Waals surface area contributed by atoms with Gasteiger partial charge in [-0.05, 0) is 24.1 Å². The van der Waals surface area contributed by atoms with Gasteiger partial charge in [0, 0.05) is 12.0 Å². The fourth-order valence-corrected chi connectivity index (χ4v) is 1.50. The lowest BCUT2D eigenvalue weighted by atomic mass is 9.79. The molecule has 1 rings (SSSR count). The molecule has 3 N–H and O–H groups in total. The molecule has 1 aromatic rings. The highest BCUT2D eigenvalue weighted by Gasteiger charge is 2.22. The van der Waals surface area contributed by atoms with E-state index in [2.05, 4.69) is 13.5 Å². The molecule has 14 heavy (non-hydrogen) atoms. The topological polar surface area (TPSA) is 46.2 Å². The van der Waals surface area contributed by atoms with Crippen LogP contribution in [0.4, 0.5) is 0 Å². The number of allylic oxidation sites excluding steroid dienone is 1. The standard InChI is InChI=1S/C12H17NO/c1-3-8-12(2,9-13)10-4-6-11(14)7-5-10/h3-7,14H,1,8-9,13H2,2H3. The van der Waals surface area contributed by atoms with Gasteiger partial charge < -0.3 is 10.8 Å². The van der Waals surface area contributed by atoms with Crippen molar-refractivity contribution in [3.63, 3.8) is 0 Å². The van der Waals surface area contributed by atoms with Gasteiger partial charge in [-0.2, -0.15) is 0 Å². The van der Waals surface area contributed by atoms with Crippen molar-refractivity contribution in [3.8, 4) is 5.75 Å². The van der Waals surface area contributed by atoms with E-state index < -0.39 is 0 Å². The second kappa shape index (κ2) is 4.29. The van der Waals surface area contributed by atoms with Crippen LogP contribution in [0.2, 0.25) is 0 Å². The fraction of sp³-hybridized carbons (Fsp3) is 0.333. The molecule has 0 bridgehead atoms. The molecule has 0 heterocycles. The Morgan fingerprint density at radius 1 is 1.43 bits per heavy atom. The highest BCUT2D eigenvalue weighted by atomic mass is 16.3. The molecule has 0 saturated heterocycles. The van der Waals surface area contributed by atoms with Crippen molar-refractivity contribution in [1.29, 1.82) is 0 Å². The molecular formula is C12H17NO. The van der Waals surface area contributed by atoms with E-state index in [0.29, 0.717) is 6.54 Å². The van der Waals surface area contributed by atoms with Crippen LogP contribution >= 0.6 is 0 Å². The SMILES string of the molecule is C=CCC(C)(CN)c1ccc(O)cc1. The first kappa shape index (κ1) is 10.8. The van der Waals surface area contributed by atoms with Gasteiger partial charge in [0.15, 0.2) is 0 Å². The quantitative estimate of drug-likeness (QED) is 0.716. The number of aromatic hydroxyl groups is 1. The number of phenols is 1. The van der Waals surface area contributed by atoms with E-state index in [1.165, 1.54) is 0 Å². The average Bonchev–Trinajstić information content (AvgIpc) is 2.19. The zero-order valence-electron chi connectivity index (χ0n) is 8.53. The smallest absolute Gasteiger partial charge is 0.115 e. The van der Waals surface area contributed by atoms with E-state index in [1.54, 1.807) is 12.1 Å². The monoisotopic (exact) mass is 191 g/mol. The molecule has 2 heteroatoms. The molecular weight excluding hydrogens is 174 g/mol. The summed E-state index contributed by atoms with van der Waals surface area (Å²) in [5.41, 5.74) is 6.82. The minimum Gasteiger partial charge on any atom is -0.508 e. The Morgan fingerprint density at radius 3 is 2.43 bits per heavy atom. The van der Waals surface area contributed by atoms with Gasteiger partial charge in [0.2, 0.25) is 0 Å². The van der Waals surface area contributed by atoms with Crippen LogP contribution in [0.15, 0.2) is 36.9 Å². The summed E-state index contributed by atoms with van der Waals surface area (Å²) in [5.74, 6) is 0.284. The van der Waals surface area contributed by atoms with Gasteiger partial charge in [0.1, 0.15) is 5.75 Å². The molecule has 1 aromatic carbocycles. The van der Waals surface area contributed by atoms with Gasteiger partial charge >= 0.3 is 0 Å². The first-order valence-electron chi connectivity index (χ1n) is 4.73. The summed E-state index contributed by atoms with van der Waals surface area (Å²) >= 11 is 0. The van der Waals surface area contributed by atoms with Gasteiger partial charge in [0.25, 0.3) is 0 Å². The first-order chi connectivity index (χ1) is 6.62. The molecule has 0 aliphatic rings. The van der Waals surface area contributed by atoms with Gasteiger partial charge in [-0.1, -0.05) is 25.1 Å². The van der Waals surface area contributed by atoms with E-state index in [9.17, 15) is 5.11 Å². The number of hydrogen-bond donors (Lipinski definition) is 2. The van der Waals surface area contributed by atoms with E-state index in [4.69, 9.17) is 5.73 Å². The number of phenolic OH excluding ortho intramolecular Hbond substituents is 1. The molecule has 0 amide bonds. The molecule has 2 nitrogen and oxygen atoms in total. The van der Waals surface area contributed by atoms with Crippen molar-refractivity contribution < 1.29 is 5.11 Å². The summed E-state index contributed by atoms with van der Waals surface area (Å²) in [5, 5.41) is 9.17. The summed E-state index contributed by atoms with van der Waals surface area (Å²) in [6.45, 7) is 6.40. The molecule has 0 aromatic heterocycles. The number of hydrogen-bond acceptors (Lipinski definition) is 2. The number of nitrogens with two attached hydrogens (primary N) is 1. The maximum atomic E-state index is 9.17.